The van der Waals surface area contributed by atoms with Crippen molar-refractivity contribution in [3.63, 3.8) is 0 Å². The van der Waals surface area contributed by atoms with Crippen molar-refractivity contribution in [2.45, 2.75) is 26.8 Å². The Labute approximate surface area is 200 Å². The number of methoxy groups -OCH3 is 2. The number of aryl methyl sites for hydroxylation is 1. The molecule has 0 aliphatic heterocycles. The quantitative estimate of drug-likeness (QED) is 0.315. The van der Waals surface area contributed by atoms with Crippen LogP contribution in [0.3, 0.4) is 0 Å². The topological polar surface area (TPSA) is 60.7 Å². The van der Waals surface area contributed by atoms with Gasteiger partial charge in [-0.2, -0.15) is 0 Å². The van der Waals surface area contributed by atoms with E-state index in [1.54, 1.807) is 26.6 Å². The SMILES string of the molecule is COc1ccc(-c2coc3c(C)c(OC)c(/C(C)=C/C(=O)NC(C)c4ccccc4)cc23)cc1. The summed E-state index contributed by atoms with van der Waals surface area (Å²) in [5.74, 6) is 1.33. The van der Waals surface area contributed by atoms with E-state index < -0.39 is 0 Å². The molecule has 174 valence electrons. The average Bonchev–Trinajstić information content (AvgIpc) is 3.28. The van der Waals surface area contributed by atoms with Gasteiger partial charge < -0.3 is 19.2 Å². The molecule has 0 saturated heterocycles. The maximum atomic E-state index is 12.8. The van der Waals surface area contributed by atoms with Crippen molar-refractivity contribution in [2.75, 3.05) is 14.2 Å². The zero-order valence-electron chi connectivity index (χ0n) is 20.1. The third kappa shape index (κ3) is 4.55. The molecule has 0 aliphatic rings. The first-order chi connectivity index (χ1) is 16.4. The van der Waals surface area contributed by atoms with E-state index in [1.807, 2.05) is 81.4 Å². The van der Waals surface area contributed by atoms with Crippen molar-refractivity contribution in [3.8, 4) is 22.6 Å². The van der Waals surface area contributed by atoms with E-state index in [4.69, 9.17) is 13.9 Å². The monoisotopic (exact) mass is 455 g/mol. The number of fused-ring (bicyclic) bond motifs is 1. The van der Waals surface area contributed by atoms with E-state index in [9.17, 15) is 4.79 Å². The van der Waals surface area contributed by atoms with Gasteiger partial charge in [-0.1, -0.05) is 42.5 Å². The third-order valence-electron chi connectivity index (χ3n) is 6.08. The molecule has 0 spiro atoms. The summed E-state index contributed by atoms with van der Waals surface area (Å²) in [5.41, 5.74) is 6.36. The van der Waals surface area contributed by atoms with Gasteiger partial charge in [-0.3, -0.25) is 4.79 Å². The van der Waals surface area contributed by atoms with Crippen molar-refractivity contribution < 1.29 is 18.7 Å². The van der Waals surface area contributed by atoms with Crippen LogP contribution in [0.4, 0.5) is 0 Å². The van der Waals surface area contributed by atoms with Crippen LogP contribution in [0.5, 0.6) is 11.5 Å². The highest BCUT2D eigenvalue weighted by Gasteiger charge is 2.19. The maximum absolute atomic E-state index is 12.8. The molecule has 1 atom stereocenters. The molecule has 0 saturated carbocycles. The van der Waals surface area contributed by atoms with Gasteiger partial charge in [-0.15, -0.1) is 0 Å². The summed E-state index contributed by atoms with van der Waals surface area (Å²) in [6.07, 6.45) is 3.38. The predicted molar refractivity (Wildman–Crippen MR) is 136 cm³/mol. The number of ether oxygens (including phenoxy) is 2. The Morgan fingerprint density at radius 1 is 1.03 bits per heavy atom. The minimum Gasteiger partial charge on any atom is -0.497 e. The highest BCUT2D eigenvalue weighted by Crippen LogP contribution is 2.40. The number of benzene rings is 3. The first-order valence-corrected chi connectivity index (χ1v) is 11.2. The van der Waals surface area contributed by atoms with Crippen molar-refractivity contribution >= 4 is 22.4 Å². The van der Waals surface area contributed by atoms with Crippen molar-refractivity contribution in [1.29, 1.82) is 0 Å². The molecule has 34 heavy (non-hydrogen) atoms. The number of carbonyl (C=O) groups is 1. The van der Waals surface area contributed by atoms with E-state index in [-0.39, 0.29) is 11.9 Å². The molecule has 0 bridgehead atoms. The number of carbonyl (C=O) groups excluding carboxylic acids is 1. The summed E-state index contributed by atoms with van der Waals surface area (Å²) >= 11 is 0. The van der Waals surface area contributed by atoms with Gasteiger partial charge in [0.25, 0.3) is 0 Å². The van der Waals surface area contributed by atoms with Crippen LogP contribution in [-0.2, 0) is 4.79 Å². The summed E-state index contributed by atoms with van der Waals surface area (Å²) in [7, 11) is 3.28. The first-order valence-electron chi connectivity index (χ1n) is 11.2. The molecule has 0 radical (unpaired) electrons. The van der Waals surface area contributed by atoms with Crippen LogP contribution in [0.1, 0.15) is 36.6 Å². The lowest BCUT2D eigenvalue weighted by Crippen LogP contribution is -2.24. The lowest BCUT2D eigenvalue weighted by molar-refractivity contribution is -0.117. The molecular weight excluding hydrogens is 426 g/mol. The largest absolute Gasteiger partial charge is 0.497 e. The summed E-state index contributed by atoms with van der Waals surface area (Å²) in [6, 6.07) is 19.7. The van der Waals surface area contributed by atoms with Crippen LogP contribution in [0, 0.1) is 6.92 Å². The zero-order chi connectivity index (χ0) is 24.2. The van der Waals surface area contributed by atoms with E-state index in [1.165, 1.54) is 0 Å². The van der Waals surface area contributed by atoms with Crippen molar-refractivity contribution in [1.82, 2.24) is 5.32 Å². The lowest BCUT2D eigenvalue weighted by Gasteiger charge is -2.15. The Hall–Kier alpha value is -3.99. The Balaban J connectivity index is 1.71. The second kappa shape index (κ2) is 9.87. The standard InChI is InChI=1S/C29H29NO4/c1-18(15-27(31)30-20(3)21-9-7-6-8-10-21)24-16-25-26(22-11-13-23(32-4)14-12-22)17-34-29(25)19(2)28(24)33-5/h6-17,20H,1-5H3,(H,30,31)/b18-15+. The first kappa shape index (κ1) is 23.2. The van der Waals surface area contributed by atoms with E-state index >= 15 is 0 Å². The summed E-state index contributed by atoms with van der Waals surface area (Å²) < 4.78 is 17.0. The fourth-order valence-electron chi connectivity index (χ4n) is 4.22. The van der Waals surface area contributed by atoms with E-state index in [0.717, 1.165) is 50.1 Å². The van der Waals surface area contributed by atoms with Crippen molar-refractivity contribution in [3.05, 3.63) is 89.7 Å². The maximum Gasteiger partial charge on any atom is 0.244 e. The van der Waals surface area contributed by atoms with E-state index in [0.29, 0.717) is 5.75 Å². The molecule has 0 aliphatic carbocycles. The normalized spacial score (nSPS) is 12.4. The molecule has 4 aromatic rings. The summed E-state index contributed by atoms with van der Waals surface area (Å²) in [4.78, 5) is 12.8. The van der Waals surface area contributed by atoms with Crippen molar-refractivity contribution in [2.24, 2.45) is 0 Å². The molecule has 1 N–H and O–H groups in total. The molecule has 5 nitrogen and oxygen atoms in total. The fraction of sp³-hybridized carbons (Fsp3) is 0.207. The molecule has 1 unspecified atom stereocenters. The summed E-state index contributed by atoms with van der Waals surface area (Å²) in [6.45, 7) is 5.86. The molecule has 1 amide bonds. The number of nitrogens with one attached hydrogen (secondary N) is 1. The Morgan fingerprint density at radius 3 is 2.38 bits per heavy atom. The second-order valence-corrected chi connectivity index (χ2v) is 8.31. The molecule has 5 heteroatoms. The molecule has 3 aromatic carbocycles. The molecule has 0 fully saturated rings. The summed E-state index contributed by atoms with van der Waals surface area (Å²) in [5, 5.41) is 4.00. The molecule has 1 heterocycles. The molecule has 1 aromatic heterocycles. The van der Waals surface area contributed by atoms with Crippen LogP contribution in [-0.4, -0.2) is 20.1 Å². The molecule has 4 rings (SSSR count). The minimum absolute atomic E-state index is 0.0978. The van der Waals surface area contributed by atoms with Crippen LogP contribution < -0.4 is 14.8 Å². The van der Waals surface area contributed by atoms with Gasteiger partial charge in [0.15, 0.2) is 0 Å². The van der Waals surface area contributed by atoms with Gasteiger partial charge in [-0.05, 0) is 55.7 Å². The predicted octanol–water partition coefficient (Wildman–Crippen LogP) is 6.71. The Kier molecular flexibility index (Phi) is 6.73. The third-order valence-corrected chi connectivity index (χ3v) is 6.08. The number of hydrogen-bond donors (Lipinski definition) is 1. The molecular formula is C29H29NO4. The van der Waals surface area contributed by atoms with Gasteiger partial charge in [0.2, 0.25) is 5.91 Å². The number of hydrogen-bond acceptors (Lipinski definition) is 4. The number of furan rings is 1. The van der Waals surface area contributed by atoms with Gasteiger partial charge >= 0.3 is 0 Å². The number of amides is 1. The average molecular weight is 456 g/mol. The second-order valence-electron chi connectivity index (χ2n) is 8.31. The van der Waals surface area contributed by atoms with Crippen LogP contribution in [0.25, 0.3) is 27.7 Å². The minimum atomic E-state index is -0.156. The van der Waals surface area contributed by atoms with Gasteiger partial charge in [0.1, 0.15) is 17.1 Å². The van der Waals surface area contributed by atoms with Crippen LogP contribution in [0.2, 0.25) is 0 Å². The van der Waals surface area contributed by atoms with Gasteiger partial charge in [0, 0.05) is 28.2 Å². The fourth-order valence-corrected chi connectivity index (χ4v) is 4.22. The number of allylic oxidation sites excluding steroid dienone is 1. The zero-order valence-corrected chi connectivity index (χ0v) is 20.1. The van der Waals surface area contributed by atoms with Crippen LogP contribution in [0.15, 0.2) is 77.4 Å². The Bertz CT molecular complexity index is 1330. The lowest BCUT2D eigenvalue weighted by atomic mass is 9.96. The highest BCUT2D eigenvalue weighted by atomic mass is 16.5. The Morgan fingerprint density at radius 2 is 1.74 bits per heavy atom. The van der Waals surface area contributed by atoms with Gasteiger partial charge in [-0.25, -0.2) is 0 Å². The smallest absolute Gasteiger partial charge is 0.244 e. The number of rotatable bonds is 7. The van der Waals surface area contributed by atoms with Crippen LogP contribution >= 0.6 is 0 Å². The van der Waals surface area contributed by atoms with Gasteiger partial charge in [0.05, 0.1) is 26.5 Å². The highest BCUT2D eigenvalue weighted by molar-refractivity contribution is 6.01. The van der Waals surface area contributed by atoms with E-state index in [2.05, 4.69) is 5.32 Å².